The predicted octanol–water partition coefficient (Wildman–Crippen LogP) is 1.95. The smallest absolute Gasteiger partial charge is 0.253 e. The Morgan fingerprint density at radius 2 is 2.05 bits per heavy atom. The van der Waals surface area contributed by atoms with Crippen molar-refractivity contribution in [1.29, 1.82) is 5.26 Å². The number of nitrogens with zero attached hydrogens (tertiary/aromatic N) is 3. The second-order valence-corrected chi connectivity index (χ2v) is 4.37. The Balaban J connectivity index is 2.19. The normalized spacial score (nSPS) is 11.6. The van der Waals surface area contributed by atoms with Gasteiger partial charge in [0.1, 0.15) is 6.07 Å². The Morgan fingerprint density at radius 1 is 1.37 bits per heavy atom. The van der Waals surface area contributed by atoms with E-state index in [-0.39, 0.29) is 5.91 Å². The second-order valence-electron chi connectivity index (χ2n) is 4.37. The number of carbonyl (C=O) groups is 1. The average molecular weight is 254 g/mol. The molecule has 0 bridgehead atoms. The summed E-state index contributed by atoms with van der Waals surface area (Å²) in [7, 11) is 0. The predicted molar refractivity (Wildman–Crippen MR) is 70.3 cm³/mol. The van der Waals surface area contributed by atoms with Gasteiger partial charge in [-0.25, -0.2) is 4.68 Å². The maximum atomic E-state index is 12.1. The van der Waals surface area contributed by atoms with Crippen molar-refractivity contribution in [2.24, 2.45) is 0 Å². The summed E-state index contributed by atoms with van der Waals surface area (Å²) in [6.07, 6.45) is 2.39. The first-order chi connectivity index (χ1) is 9.10. The number of rotatable bonds is 3. The molecule has 2 rings (SSSR count). The van der Waals surface area contributed by atoms with Crippen LogP contribution in [0.25, 0.3) is 0 Å². The molecule has 1 heterocycles. The van der Waals surface area contributed by atoms with Crippen LogP contribution < -0.4 is 5.32 Å². The molecule has 0 aliphatic rings. The van der Waals surface area contributed by atoms with Gasteiger partial charge in [0.25, 0.3) is 5.91 Å². The summed E-state index contributed by atoms with van der Waals surface area (Å²) in [6, 6.07) is 9.28. The summed E-state index contributed by atoms with van der Waals surface area (Å²) in [5.74, 6) is -0.283. The number of carbonyl (C=O) groups excluding carboxylic acids is 1. The standard InChI is InChI=1S/C14H14N4O/c1-10-6-11(2)8-12(7-10)14(19)17-13(9-15)18-5-3-4-16-18/h3-8,13H,1-2H3,(H,17,19). The lowest BCUT2D eigenvalue weighted by atomic mass is 10.1. The van der Waals surface area contributed by atoms with Crippen LogP contribution in [0.5, 0.6) is 0 Å². The van der Waals surface area contributed by atoms with E-state index >= 15 is 0 Å². The summed E-state index contributed by atoms with van der Waals surface area (Å²) in [5.41, 5.74) is 2.57. The van der Waals surface area contributed by atoms with Crippen molar-refractivity contribution in [2.75, 3.05) is 0 Å². The maximum absolute atomic E-state index is 12.1. The molecule has 0 aliphatic heterocycles. The maximum Gasteiger partial charge on any atom is 0.253 e. The van der Waals surface area contributed by atoms with Gasteiger partial charge in [-0.05, 0) is 32.0 Å². The number of hydrogen-bond acceptors (Lipinski definition) is 3. The number of benzene rings is 1. The number of amides is 1. The zero-order valence-electron chi connectivity index (χ0n) is 10.8. The third kappa shape index (κ3) is 2.99. The first-order valence-electron chi connectivity index (χ1n) is 5.88. The summed E-state index contributed by atoms with van der Waals surface area (Å²) in [4.78, 5) is 12.1. The van der Waals surface area contributed by atoms with E-state index in [1.54, 1.807) is 30.6 Å². The number of nitrogens with one attached hydrogen (secondary N) is 1. The molecule has 1 unspecified atom stereocenters. The number of nitriles is 1. The summed E-state index contributed by atoms with van der Waals surface area (Å²) >= 11 is 0. The van der Waals surface area contributed by atoms with E-state index in [4.69, 9.17) is 5.26 Å². The molecular weight excluding hydrogens is 240 g/mol. The van der Waals surface area contributed by atoms with Gasteiger partial charge in [-0.3, -0.25) is 4.79 Å². The summed E-state index contributed by atoms with van der Waals surface area (Å²) < 4.78 is 1.40. The van der Waals surface area contributed by atoms with Crippen LogP contribution in [0.4, 0.5) is 0 Å². The minimum absolute atomic E-state index is 0.283. The van der Waals surface area contributed by atoms with Crippen molar-refractivity contribution in [2.45, 2.75) is 20.0 Å². The molecule has 1 aromatic heterocycles. The Labute approximate surface area is 111 Å². The molecule has 1 atom stereocenters. The molecule has 0 saturated heterocycles. The SMILES string of the molecule is Cc1cc(C)cc(C(=O)NC(C#N)n2cccn2)c1. The number of hydrogen-bond donors (Lipinski definition) is 1. The molecule has 1 N–H and O–H groups in total. The first kappa shape index (κ1) is 12.8. The van der Waals surface area contributed by atoms with Gasteiger partial charge in [0.05, 0.1) is 0 Å². The monoisotopic (exact) mass is 254 g/mol. The Morgan fingerprint density at radius 3 is 2.58 bits per heavy atom. The Hall–Kier alpha value is -2.61. The summed E-state index contributed by atoms with van der Waals surface area (Å²) in [6.45, 7) is 3.86. The van der Waals surface area contributed by atoms with E-state index in [1.165, 1.54) is 4.68 Å². The highest BCUT2D eigenvalue weighted by molar-refractivity contribution is 5.94. The van der Waals surface area contributed by atoms with E-state index < -0.39 is 6.17 Å². The third-order valence-electron chi connectivity index (χ3n) is 2.66. The lowest BCUT2D eigenvalue weighted by Crippen LogP contribution is -2.31. The van der Waals surface area contributed by atoms with Crippen LogP contribution >= 0.6 is 0 Å². The molecular formula is C14H14N4O. The van der Waals surface area contributed by atoms with Crippen LogP contribution in [0.2, 0.25) is 0 Å². The van der Waals surface area contributed by atoms with Crippen LogP contribution in [0.3, 0.4) is 0 Å². The molecule has 0 radical (unpaired) electrons. The summed E-state index contributed by atoms with van der Waals surface area (Å²) in [5, 5.41) is 15.7. The van der Waals surface area contributed by atoms with Gasteiger partial charge < -0.3 is 5.32 Å². The third-order valence-corrected chi connectivity index (χ3v) is 2.66. The second kappa shape index (κ2) is 5.36. The quantitative estimate of drug-likeness (QED) is 0.910. The molecule has 0 spiro atoms. The fourth-order valence-electron chi connectivity index (χ4n) is 1.90. The zero-order valence-corrected chi connectivity index (χ0v) is 10.8. The molecule has 96 valence electrons. The van der Waals surface area contributed by atoms with Crippen LogP contribution in [0.1, 0.15) is 27.7 Å². The number of aryl methyl sites for hydroxylation is 2. The average Bonchev–Trinajstić information content (AvgIpc) is 2.88. The van der Waals surface area contributed by atoms with Crippen molar-refractivity contribution >= 4 is 5.91 Å². The van der Waals surface area contributed by atoms with E-state index in [9.17, 15) is 4.79 Å². The van der Waals surface area contributed by atoms with Crippen molar-refractivity contribution in [3.8, 4) is 6.07 Å². The molecule has 19 heavy (non-hydrogen) atoms. The lowest BCUT2D eigenvalue weighted by molar-refractivity contribution is 0.0930. The zero-order chi connectivity index (χ0) is 13.8. The molecule has 1 amide bonds. The number of aromatic nitrogens is 2. The van der Waals surface area contributed by atoms with Crippen molar-refractivity contribution in [3.63, 3.8) is 0 Å². The van der Waals surface area contributed by atoms with Gasteiger partial charge in [0.2, 0.25) is 6.17 Å². The molecule has 5 nitrogen and oxygen atoms in total. The topological polar surface area (TPSA) is 70.7 Å². The van der Waals surface area contributed by atoms with Gasteiger partial charge in [0, 0.05) is 18.0 Å². The van der Waals surface area contributed by atoms with E-state index in [0.29, 0.717) is 5.56 Å². The highest BCUT2D eigenvalue weighted by Crippen LogP contribution is 2.10. The fraction of sp³-hybridized carbons (Fsp3) is 0.214. The van der Waals surface area contributed by atoms with Crippen molar-refractivity contribution in [1.82, 2.24) is 15.1 Å². The van der Waals surface area contributed by atoms with Crippen LogP contribution in [0, 0.1) is 25.2 Å². The van der Waals surface area contributed by atoms with E-state index in [2.05, 4.69) is 10.4 Å². The fourth-order valence-corrected chi connectivity index (χ4v) is 1.90. The Kier molecular flexibility index (Phi) is 3.62. The molecule has 0 saturated carbocycles. The van der Waals surface area contributed by atoms with Crippen molar-refractivity contribution in [3.05, 3.63) is 53.3 Å². The minimum atomic E-state index is -0.802. The van der Waals surface area contributed by atoms with Gasteiger partial charge in [-0.2, -0.15) is 10.4 Å². The van der Waals surface area contributed by atoms with Gasteiger partial charge in [-0.1, -0.05) is 17.2 Å². The minimum Gasteiger partial charge on any atom is -0.318 e. The van der Waals surface area contributed by atoms with E-state index in [0.717, 1.165) is 11.1 Å². The molecule has 0 aliphatic carbocycles. The molecule has 1 aromatic carbocycles. The van der Waals surface area contributed by atoms with Gasteiger partial charge in [0.15, 0.2) is 0 Å². The largest absolute Gasteiger partial charge is 0.318 e. The molecule has 5 heteroatoms. The van der Waals surface area contributed by atoms with Crippen LogP contribution in [-0.4, -0.2) is 15.7 Å². The molecule has 2 aromatic rings. The van der Waals surface area contributed by atoms with Gasteiger partial charge in [-0.15, -0.1) is 0 Å². The van der Waals surface area contributed by atoms with Crippen LogP contribution in [0.15, 0.2) is 36.7 Å². The van der Waals surface area contributed by atoms with Crippen LogP contribution in [-0.2, 0) is 0 Å². The highest BCUT2D eigenvalue weighted by Gasteiger charge is 2.15. The Bertz CT molecular complexity index is 605. The van der Waals surface area contributed by atoms with E-state index in [1.807, 2.05) is 26.0 Å². The first-order valence-corrected chi connectivity index (χ1v) is 5.88. The van der Waals surface area contributed by atoms with Crippen molar-refractivity contribution < 1.29 is 4.79 Å². The lowest BCUT2D eigenvalue weighted by Gasteiger charge is -2.12. The highest BCUT2D eigenvalue weighted by atomic mass is 16.1. The molecule has 0 fully saturated rings. The van der Waals surface area contributed by atoms with Gasteiger partial charge >= 0.3 is 0 Å².